The predicted molar refractivity (Wildman–Crippen MR) is 92.3 cm³/mol. The molecule has 3 aliphatic heterocycles. The molecule has 0 spiro atoms. The highest BCUT2D eigenvalue weighted by Gasteiger charge is 2.41. The molecule has 2 unspecified atom stereocenters. The van der Waals surface area contributed by atoms with E-state index in [0.717, 1.165) is 69.4 Å². The van der Waals surface area contributed by atoms with E-state index in [4.69, 9.17) is 9.47 Å². The van der Waals surface area contributed by atoms with Gasteiger partial charge in [0.2, 0.25) is 0 Å². The maximum Gasteiger partial charge on any atom is 0.135 e. The van der Waals surface area contributed by atoms with Crippen LogP contribution in [0.4, 0.5) is 5.82 Å². The fourth-order valence-electron chi connectivity index (χ4n) is 4.39. The van der Waals surface area contributed by atoms with Crippen LogP contribution in [0.5, 0.6) is 0 Å². The second-order valence-electron chi connectivity index (χ2n) is 7.57. The zero-order valence-electron chi connectivity index (χ0n) is 14.8. The van der Waals surface area contributed by atoms with Gasteiger partial charge in [0, 0.05) is 49.9 Å². The van der Waals surface area contributed by atoms with Crippen molar-refractivity contribution >= 4 is 5.82 Å². The molecule has 1 aromatic rings. The summed E-state index contributed by atoms with van der Waals surface area (Å²) in [6, 6.07) is 0. The van der Waals surface area contributed by atoms with Crippen LogP contribution in [0.2, 0.25) is 0 Å². The number of aryl methyl sites for hydroxylation is 1. The van der Waals surface area contributed by atoms with Gasteiger partial charge in [-0.15, -0.1) is 0 Å². The number of hydrogen-bond donors (Lipinski definition) is 0. The number of fused-ring (bicyclic) bond motifs is 1. The van der Waals surface area contributed by atoms with Crippen molar-refractivity contribution < 1.29 is 9.47 Å². The van der Waals surface area contributed by atoms with Gasteiger partial charge < -0.3 is 19.3 Å². The van der Waals surface area contributed by atoms with E-state index in [1.54, 1.807) is 6.33 Å². The molecule has 24 heavy (non-hydrogen) atoms. The first-order valence-corrected chi connectivity index (χ1v) is 9.11. The number of aromatic nitrogens is 2. The lowest BCUT2D eigenvalue weighted by molar-refractivity contribution is 0.103. The van der Waals surface area contributed by atoms with Gasteiger partial charge in [0.1, 0.15) is 12.1 Å². The molecule has 6 heteroatoms. The second-order valence-corrected chi connectivity index (χ2v) is 7.57. The van der Waals surface area contributed by atoms with E-state index in [9.17, 15) is 0 Å². The molecule has 0 radical (unpaired) electrons. The minimum absolute atomic E-state index is 0.522. The van der Waals surface area contributed by atoms with E-state index in [1.807, 2.05) is 0 Å². The van der Waals surface area contributed by atoms with Crippen molar-refractivity contribution in [1.29, 1.82) is 0 Å². The number of hydrogen-bond acceptors (Lipinski definition) is 6. The first kappa shape index (κ1) is 16.2. The SMILES string of the molecule is Cc1ncnc(N2CC3CN(CC4COCCOC4)CC3C2)c1C. The molecule has 0 N–H and O–H groups in total. The summed E-state index contributed by atoms with van der Waals surface area (Å²) in [5.74, 6) is 3.17. The fourth-order valence-corrected chi connectivity index (χ4v) is 4.39. The Kier molecular flexibility index (Phi) is 4.70. The predicted octanol–water partition coefficient (Wildman–Crippen LogP) is 1.12. The molecular formula is C18H28N4O2. The summed E-state index contributed by atoms with van der Waals surface area (Å²) in [7, 11) is 0. The van der Waals surface area contributed by atoms with E-state index in [1.165, 1.54) is 18.7 Å². The average molecular weight is 332 g/mol. The Balaban J connectivity index is 1.34. The van der Waals surface area contributed by atoms with Crippen LogP contribution in [-0.4, -0.2) is 74.0 Å². The van der Waals surface area contributed by atoms with Crippen LogP contribution in [0.1, 0.15) is 11.3 Å². The van der Waals surface area contributed by atoms with Gasteiger partial charge in [0.15, 0.2) is 0 Å². The minimum atomic E-state index is 0.522. The van der Waals surface area contributed by atoms with Crippen LogP contribution in [0.15, 0.2) is 6.33 Å². The van der Waals surface area contributed by atoms with Gasteiger partial charge in [0.05, 0.1) is 26.4 Å². The summed E-state index contributed by atoms with van der Waals surface area (Å²) in [6.45, 7) is 13.1. The van der Waals surface area contributed by atoms with E-state index >= 15 is 0 Å². The molecule has 4 rings (SSSR count). The van der Waals surface area contributed by atoms with Gasteiger partial charge in [-0.2, -0.15) is 0 Å². The van der Waals surface area contributed by atoms with Crippen molar-refractivity contribution in [2.45, 2.75) is 13.8 Å². The Labute approximate surface area is 144 Å². The van der Waals surface area contributed by atoms with E-state index in [-0.39, 0.29) is 0 Å². The quantitative estimate of drug-likeness (QED) is 0.827. The lowest BCUT2D eigenvalue weighted by Gasteiger charge is -2.25. The molecule has 0 bridgehead atoms. The number of rotatable bonds is 3. The number of ether oxygens (including phenoxy) is 2. The lowest BCUT2D eigenvalue weighted by Crippen LogP contribution is -2.35. The van der Waals surface area contributed by atoms with Gasteiger partial charge >= 0.3 is 0 Å². The molecule has 3 saturated heterocycles. The van der Waals surface area contributed by atoms with Crippen LogP contribution in [0, 0.1) is 31.6 Å². The lowest BCUT2D eigenvalue weighted by atomic mass is 10.0. The molecule has 0 saturated carbocycles. The van der Waals surface area contributed by atoms with Crippen LogP contribution >= 0.6 is 0 Å². The fraction of sp³-hybridized carbons (Fsp3) is 0.778. The highest BCUT2D eigenvalue weighted by molar-refractivity contribution is 5.48. The maximum absolute atomic E-state index is 5.64. The van der Waals surface area contributed by atoms with E-state index < -0.39 is 0 Å². The zero-order valence-corrected chi connectivity index (χ0v) is 14.8. The molecule has 4 heterocycles. The van der Waals surface area contributed by atoms with Crippen molar-refractivity contribution in [3.05, 3.63) is 17.6 Å². The topological polar surface area (TPSA) is 50.7 Å². The minimum Gasteiger partial charge on any atom is -0.379 e. The van der Waals surface area contributed by atoms with E-state index in [2.05, 4.69) is 33.6 Å². The second kappa shape index (κ2) is 6.94. The summed E-state index contributed by atoms with van der Waals surface area (Å²) in [6.07, 6.45) is 1.70. The Morgan fingerprint density at radius 1 is 1.00 bits per heavy atom. The molecule has 0 aliphatic carbocycles. The average Bonchev–Trinajstić information content (AvgIpc) is 2.99. The summed E-state index contributed by atoms with van der Waals surface area (Å²) in [5.41, 5.74) is 2.31. The Morgan fingerprint density at radius 2 is 1.67 bits per heavy atom. The Hall–Kier alpha value is -1.24. The van der Waals surface area contributed by atoms with Gasteiger partial charge in [-0.3, -0.25) is 0 Å². The van der Waals surface area contributed by atoms with Gasteiger partial charge in [-0.25, -0.2) is 9.97 Å². The summed E-state index contributed by atoms with van der Waals surface area (Å²) in [5, 5.41) is 0. The number of likely N-dealkylation sites (tertiary alicyclic amines) is 1. The smallest absolute Gasteiger partial charge is 0.135 e. The summed E-state index contributed by atoms with van der Waals surface area (Å²) in [4.78, 5) is 13.9. The molecule has 2 atom stereocenters. The third-order valence-electron chi connectivity index (χ3n) is 5.77. The summed E-state index contributed by atoms with van der Waals surface area (Å²) < 4.78 is 11.3. The third-order valence-corrected chi connectivity index (χ3v) is 5.77. The Morgan fingerprint density at radius 3 is 2.33 bits per heavy atom. The first-order valence-electron chi connectivity index (χ1n) is 9.11. The molecule has 3 aliphatic rings. The zero-order chi connectivity index (χ0) is 16.5. The van der Waals surface area contributed by atoms with E-state index in [0.29, 0.717) is 5.92 Å². The largest absolute Gasteiger partial charge is 0.379 e. The van der Waals surface area contributed by atoms with Crippen LogP contribution in [-0.2, 0) is 9.47 Å². The van der Waals surface area contributed by atoms with Crippen molar-refractivity contribution in [3.63, 3.8) is 0 Å². The maximum atomic E-state index is 5.64. The van der Waals surface area contributed by atoms with Crippen molar-refractivity contribution in [3.8, 4) is 0 Å². The first-order chi connectivity index (χ1) is 11.7. The molecule has 6 nitrogen and oxygen atoms in total. The molecule has 1 aromatic heterocycles. The van der Waals surface area contributed by atoms with Crippen LogP contribution < -0.4 is 4.90 Å². The Bertz CT molecular complexity index is 560. The highest BCUT2D eigenvalue weighted by Crippen LogP contribution is 2.34. The van der Waals surface area contributed by atoms with Gasteiger partial charge in [0.25, 0.3) is 0 Å². The molecule has 132 valence electrons. The van der Waals surface area contributed by atoms with Crippen molar-refractivity contribution in [2.75, 3.05) is 64.1 Å². The van der Waals surface area contributed by atoms with Crippen molar-refractivity contribution in [2.24, 2.45) is 17.8 Å². The van der Waals surface area contributed by atoms with Crippen molar-refractivity contribution in [1.82, 2.24) is 14.9 Å². The summed E-state index contributed by atoms with van der Waals surface area (Å²) >= 11 is 0. The number of nitrogens with zero attached hydrogens (tertiary/aromatic N) is 4. The third kappa shape index (κ3) is 3.27. The van der Waals surface area contributed by atoms with Crippen LogP contribution in [0.3, 0.4) is 0 Å². The molecule has 0 aromatic carbocycles. The molecular weight excluding hydrogens is 304 g/mol. The van der Waals surface area contributed by atoms with Crippen LogP contribution in [0.25, 0.3) is 0 Å². The highest BCUT2D eigenvalue weighted by atomic mass is 16.5. The standard InChI is InChI=1S/C18H28N4O2/c1-13-14(2)19-12-20-18(13)22-8-16-6-21(7-17(16)9-22)5-15-10-23-3-4-24-11-15/h12,15-17H,3-11H2,1-2H3. The number of anilines is 1. The van der Waals surface area contributed by atoms with Gasteiger partial charge in [-0.05, 0) is 25.7 Å². The molecule has 0 amide bonds. The molecule has 3 fully saturated rings. The monoisotopic (exact) mass is 332 g/mol. The van der Waals surface area contributed by atoms with Gasteiger partial charge in [-0.1, -0.05) is 0 Å². The normalized spacial score (nSPS) is 29.0.